The number of esters is 1. The lowest BCUT2D eigenvalue weighted by atomic mass is 10.1. The summed E-state index contributed by atoms with van der Waals surface area (Å²) in [6, 6.07) is 0.432. The van der Waals surface area contributed by atoms with Gasteiger partial charge in [-0.2, -0.15) is 0 Å². The molecule has 1 unspecified atom stereocenters. The Labute approximate surface area is 98.1 Å². The van der Waals surface area contributed by atoms with Crippen LogP contribution in [-0.2, 0) is 9.53 Å². The quantitative estimate of drug-likeness (QED) is 0.405. The maximum Gasteiger partial charge on any atom is 0.307 e. The van der Waals surface area contributed by atoms with E-state index >= 15 is 0 Å². The van der Waals surface area contributed by atoms with E-state index in [1.165, 1.54) is 0 Å². The van der Waals surface area contributed by atoms with Crippen LogP contribution in [0.5, 0.6) is 0 Å². The van der Waals surface area contributed by atoms with Gasteiger partial charge in [0.25, 0.3) is 0 Å². The van der Waals surface area contributed by atoms with Crippen molar-refractivity contribution in [3.05, 3.63) is 0 Å². The fourth-order valence-corrected chi connectivity index (χ4v) is 2.47. The molecule has 2 fully saturated rings. The topological polar surface area (TPSA) is 32.8 Å². The van der Waals surface area contributed by atoms with E-state index in [1.54, 1.807) is 0 Å². The van der Waals surface area contributed by atoms with Crippen molar-refractivity contribution in [1.82, 2.24) is 8.01 Å². The molecular formula is C9H15IN2O2. The number of carbonyl (C=O) groups is 1. The van der Waals surface area contributed by atoms with E-state index < -0.39 is 0 Å². The third-order valence-corrected chi connectivity index (χ3v) is 3.86. The molecule has 0 aromatic carbocycles. The number of piperazine rings is 1. The molecule has 2 aliphatic heterocycles. The molecule has 0 aromatic heterocycles. The molecule has 0 spiro atoms. The first-order valence-electron chi connectivity index (χ1n) is 5.06. The van der Waals surface area contributed by atoms with E-state index in [1.807, 2.05) is 0 Å². The molecule has 80 valence electrons. The van der Waals surface area contributed by atoms with Crippen molar-refractivity contribution in [3.63, 3.8) is 0 Å². The predicted octanol–water partition coefficient (Wildman–Crippen LogP) is 0.660. The normalized spacial score (nSPS) is 31.5. The smallest absolute Gasteiger partial charge is 0.307 e. The first-order valence-corrected chi connectivity index (χ1v) is 6.02. The second-order valence-corrected chi connectivity index (χ2v) is 5.18. The maximum atomic E-state index is 11.1. The minimum Gasteiger partial charge on any atom is -0.466 e. The molecule has 0 aromatic rings. The summed E-state index contributed by atoms with van der Waals surface area (Å²) in [5, 5.41) is 0. The Morgan fingerprint density at radius 2 is 2.00 bits per heavy atom. The van der Waals surface area contributed by atoms with E-state index in [4.69, 9.17) is 4.74 Å². The van der Waals surface area contributed by atoms with Crippen LogP contribution >= 0.6 is 22.9 Å². The zero-order chi connectivity index (χ0) is 9.97. The van der Waals surface area contributed by atoms with Crippen LogP contribution in [0.4, 0.5) is 0 Å². The van der Waals surface area contributed by atoms with Crippen molar-refractivity contribution in [1.29, 1.82) is 0 Å². The Morgan fingerprint density at radius 3 is 2.64 bits per heavy atom. The van der Waals surface area contributed by atoms with Gasteiger partial charge in [0.15, 0.2) is 0 Å². The summed E-state index contributed by atoms with van der Waals surface area (Å²) < 4.78 is 7.24. The number of hydrogen-bond donors (Lipinski definition) is 0. The average Bonchev–Trinajstić information content (AvgIpc) is 2.19. The van der Waals surface area contributed by atoms with Gasteiger partial charge in [-0.3, -0.25) is 9.69 Å². The van der Waals surface area contributed by atoms with Crippen molar-refractivity contribution in [3.8, 4) is 0 Å². The first-order chi connectivity index (χ1) is 6.75. The first kappa shape index (κ1) is 10.6. The molecule has 1 atom stereocenters. The van der Waals surface area contributed by atoms with Crippen molar-refractivity contribution >= 4 is 28.8 Å². The number of carbonyl (C=O) groups excluding carboxylic acids is 1. The van der Waals surface area contributed by atoms with Crippen LogP contribution in [0.3, 0.4) is 0 Å². The number of ether oxygens (including phenoxy) is 1. The summed E-state index contributed by atoms with van der Waals surface area (Å²) in [5.74, 6) is -0.0295. The number of hydrogen-bond acceptors (Lipinski definition) is 4. The molecule has 0 amide bonds. The summed E-state index contributed by atoms with van der Waals surface area (Å²) in [7, 11) is 0. The Morgan fingerprint density at radius 1 is 1.29 bits per heavy atom. The second kappa shape index (κ2) is 4.76. The molecular weight excluding hydrogens is 295 g/mol. The molecule has 4 nitrogen and oxygen atoms in total. The number of nitrogens with zero attached hydrogens (tertiary/aromatic N) is 2. The molecule has 0 bridgehead atoms. The highest BCUT2D eigenvalue weighted by molar-refractivity contribution is 14.1. The van der Waals surface area contributed by atoms with Crippen LogP contribution in [0, 0.1) is 0 Å². The van der Waals surface area contributed by atoms with E-state index in [0.717, 1.165) is 32.6 Å². The summed E-state index contributed by atoms with van der Waals surface area (Å²) in [6.07, 6.45) is 1.59. The Bertz CT molecular complexity index is 217. The molecule has 2 heterocycles. The second-order valence-electron chi connectivity index (χ2n) is 3.81. The molecule has 0 radical (unpaired) electrons. The molecule has 2 rings (SSSR count). The van der Waals surface area contributed by atoms with Crippen molar-refractivity contribution < 1.29 is 9.53 Å². The summed E-state index contributed by atoms with van der Waals surface area (Å²) in [4.78, 5) is 13.5. The molecule has 2 aliphatic rings. The van der Waals surface area contributed by atoms with Crippen LogP contribution in [0.25, 0.3) is 0 Å². The van der Waals surface area contributed by atoms with Gasteiger partial charge >= 0.3 is 5.97 Å². The van der Waals surface area contributed by atoms with Gasteiger partial charge in [-0.1, -0.05) is 0 Å². The number of halogens is 1. The van der Waals surface area contributed by atoms with Crippen LogP contribution in [0.1, 0.15) is 12.8 Å². The van der Waals surface area contributed by atoms with Gasteiger partial charge in [-0.05, 0) is 6.42 Å². The van der Waals surface area contributed by atoms with Crippen molar-refractivity contribution in [2.24, 2.45) is 0 Å². The van der Waals surface area contributed by atoms with E-state index in [9.17, 15) is 4.79 Å². The highest BCUT2D eigenvalue weighted by atomic mass is 127. The summed E-state index contributed by atoms with van der Waals surface area (Å²) in [6.45, 7) is 4.98. The van der Waals surface area contributed by atoms with Crippen molar-refractivity contribution in [2.75, 3.05) is 32.8 Å². The monoisotopic (exact) mass is 310 g/mol. The Balaban J connectivity index is 1.85. The van der Waals surface area contributed by atoms with Gasteiger partial charge in [-0.25, -0.2) is 3.11 Å². The maximum absolute atomic E-state index is 11.1. The van der Waals surface area contributed by atoms with Gasteiger partial charge in [0, 0.05) is 55.1 Å². The van der Waals surface area contributed by atoms with Gasteiger partial charge in [0.05, 0.1) is 13.0 Å². The van der Waals surface area contributed by atoms with Gasteiger partial charge in [-0.15, -0.1) is 0 Å². The fraction of sp³-hybridized carbons (Fsp3) is 0.889. The molecule has 0 saturated carbocycles. The van der Waals surface area contributed by atoms with Crippen LogP contribution < -0.4 is 0 Å². The van der Waals surface area contributed by atoms with Crippen molar-refractivity contribution in [2.45, 2.75) is 18.9 Å². The number of rotatable bonds is 1. The van der Waals surface area contributed by atoms with Gasteiger partial charge < -0.3 is 4.74 Å². The highest BCUT2D eigenvalue weighted by Crippen LogP contribution is 2.18. The molecule has 2 saturated heterocycles. The Kier molecular flexibility index (Phi) is 3.62. The lowest BCUT2D eigenvalue weighted by Crippen LogP contribution is -2.49. The average molecular weight is 310 g/mol. The highest BCUT2D eigenvalue weighted by Gasteiger charge is 2.28. The Hall–Kier alpha value is 0.120. The molecule has 5 heteroatoms. The number of cyclic esters (lactones) is 1. The lowest BCUT2D eigenvalue weighted by molar-refractivity contribution is -0.150. The lowest BCUT2D eigenvalue weighted by Gasteiger charge is -2.38. The standard InChI is InChI=1S/C9H15IN2O2/c10-12-4-2-11(3-5-12)8-1-6-14-9(13)7-8/h8H,1-7H2. The zero-order valence-corrected chi connectivity index (χ0v) is 10.3. The third kappa shape index (κ3) is 2.58. The van der Waals surface area contributed by atoms with Gasteiger partial charge in [0.1, 0.15) is 0 Å². The largest absolute Gasteiger partial charge is 0.466 e. The van der Waals surface area contributed by atoms with Crippen LogP contribution in [0.15, 0.2) is 0 Å². The summed E-state index contributed by atoms with van der Waals surface area (Å²) >= 11 is 2.36. The van der Waals surface area contributed by atoms with Crippen LogP contribution in [0.2, 0.25) is 0 Å². The molecule has 14 heavy (non-hydrogen) atoms. The third-order valence-electron chi connectivity index (χ3n) is 2.89. The molecule has 0 N–H and O–H groups in total. The van der Waals surface area contributed by atoms with Crippen LogP contribution in [-0.4, -0.2) is 52.8 Å². The van der Waals surface area contributed by atoms with Gasteiger partial charge in [0.2, 0.25) is 0 Å². The SMILES string of the molecule is O=C1CC(N2CCN(I)CC2)CCO1. The minimum absolute atomic E-state index is 0.0295. The van der Waals surface area contributed by atoms with E-state index in [-0.39, 0.29) is 5.97 Å². The summed E-state index contributed by atoms with van der Waals surface area (Å²) in [5.41, 5.74) is 0. The molecule has 0 aliphatic carbocycles. The minimum atomic E-state index is -0.0295. The predicted molar refractivity (Wildman–Crippen MR) is 61.1 cm³/mol. The van der Waals surface area contributed by atoms with E-state index in [0.29, 0.717) is 19.1 Å². The zero-order valence-electron chi connectivity index (χ0n) is 8.12. The van der Waals surface area contributed by atoms with E-state index in [2.05, 4.69) is 30.9 Å². The fourth-order valence-electron chi connectivity index (χ4n) is 2.04.